The number of aryl methyl sites for hydroxylation is 3. The van der Waals surface area contributed by atoms with Gasteiger partial charge in [0.25, 0.3) is 0 Å². The molecule has 0 saturated carbocycles. The van der Waals surface area contributed by atoms with Crippen molar-refractivity contribution in [1.29, 1.82) is 0 Å². The molecule has 0 bridgehead atoms. The van der Waals surface area contributed by atoms with Crippen LogP contribution in [-0.4, -0.2) is 48.2 Å². The van der Waals surface area contributed by atoms with Crippen LogP contribution in [0.5, 0.6) is 0 Å². The highest BCUT2D eigenvalue weighted by Crippen LogP contribution is 2.27. The lowest BCUT2D eigenvalue weighted by Gasteiger charge is -2.40. The third kappa shape index (κ3) is 3.25. The van der Waals surface area contributed by atoms with Gasteiger partial charge in [0.05, 0.1) is 11.4 Å². The first-order chi connectivity index (χ1) is 12.3. The number of benzene rings is 1. The van der Waals surface area contributed by atoms with E-state index in [2.05, 4.69) is 48.1 Å². The molecule has 1 fully saturated rings. The van der Waals surface area contributed by atoms with Crippen LogP contribution in [0.2, 0.25) is 0 Å². The van der Waals surface area contributed by atoms with Crippen LogP contribution in [0.4, 0.5) is 5.69 Å². The van der Waals surface area contributed by atoms with Crippen molar-refractivity contribution in [2.75, 3.05) is 24.5 Å². The monoisotopic (exact) mass is 376 g/mol. The Labute approximate surface area is 156 Å². The summed E-state index contributed by atoms with van der Waals surface area (Å²) in [5, 5.41) is 4.38. The molecule has 1 atom stereocenters. The zero-order valence-corrected chi connectivity index (χ0v) is 17.0. The molecule has 0 N–H and O–H groups in total. The molecule has 0 aliphatic carbocycles. The molecule has 1 aromatic carbocycles. The first-order valence-corrected chi connectivity index (χ1v) is 10.6. The topological polar surface area (TPSA) is 58.4 Å². The van der Waals surface area contributed by atoms with Crippen LogP contribution >= 0.6 is 0 Å². The predicted octanol–water partition coefficient (Wildman–Crippen LogP) is 2.73. The minimum Gasteiger partial charge on any atom is -0.366 e. The average Bonchev–Trinajstić information content (AvgIpc) is 2.90. The van der Waals surface area contributed by atoms with Gasteiger partial charge in [0.15, 0.2) is 0 Å². The maximum atomic E-state index is 13.2. The SMILES string of the molecule is CCn1nc(C)c(S(=O)(=O)N2CCN(c3ccc(C)cc3)[C@H](C)C2)c1C. The number of rotatable bonds is 4. The van der Waals surface area contributed by atoms with E-state index in [0.29, 0.717) is 36.8 Å². The van der Waals surface area contributed by atoms with Crippen LogP contribution in [0, 0.1) is 20.8 Å². The molecule has 6 nitrogen and oxygen atoms in total. The van der Waals surface area contributed by atoms with Crippen molar-refractivity contribution in [1.82, 2.24) is 14.1 Å². The van der Waals surface area contributed by atoms with E-state index in [1.807, 2.05) is 13.8 Å². The van der Waals surface area contributed by atoms with Gasteiger partial charge in [0.2, 0.25) is 10.0 Å². The Kier molecular flexibility index (Phi) is 5.12. The molecule has 0 spiro atoms. The van der Waals surface area contributed by atoms with Crippen LogP contribution in [-0.2, 0) is 16.6 Å². The lowest BCUT2D eigenvalue weighted by atomic mass is 10.1. The van der Waals surface area contributed by atoms with Crippen LogP contribution in [0.3, 0.4) is 0 Å². The minimum absolute atomic E-state index is 0.114. The molecule has 3 rings (SSSR count). The number of hydrogen-bond acceptors (Lipinski definition) is 4. The van der Waals surface area contributed by atoms with E-state index < -0.39 is 10.0 Å². The summed E-state index contributed by atoms with van der Waals surface area (Å²) in [4.78, 5) is 2.65. The Morgan fingerprint density at radius 3 is 2.31 bits per heavy atom. The van der Waals surface area contributed by atoms with Gasteiger partial charge in [-0.3, -0.25) is 4.68 Å². The first kappa shape index (κ1) is 18.9. The third-order valence-corrected chi connectivity index (χ3v) is 7.29. The molecular weight excluding hydrogens is 348 g/mol. The highest BCUT2D eigenvalue weighted by molar-refractivity contribution is 7.89. The number of nitrogens with zero attached hydrogens (tertiary/aromatic N) is 4. The van der Waals surface area contributed by atoms with E-state index in [9.17, 15) is 8.42 Å². The summed E-state index contributed by atoms with van der Waals surface area (Å²) in [5.41, 5.74) is 3.67. The zero-order chi connectivity index (χ0) is 19.1. The van der Waals surface area contributed by atoms with Crippen molar-refractivity contribution in [3.63, 3.8) is 0 Å². The van der Waals surface area contributed by atoms with E-state index in [0.717, 1.165) is 11.4 Å². The number of anilines is 1. The summed E-state index contributed by atoms with van der Waals surface area (Å²) in [6.07, 6.45) is 0. The van der Waals surface area contributed by atoms with Gasteiger partial charge in [-0.05, 0) is 46.8 Å². The fourth-order valence-corrected chi connectivity index (χ4v) is 5.64. The van der Waals surface area contributed by atoms with E-state index in [1.54, 1.807) is 15.9 Å². The second-order valence-electron chi connectivity index (χ2n) is 7.06. The molecule has 26 heavy (non-hydrogen) atoms. The Morgan fingerprint density at radius 1 is 1.12 bits per heavy atom. The molecule has 0 amide bonds. The number of piperazine rings is 1. The smallest absolute Gasteiger partial charge is 0.246 e. The normalized spacial score (nSPS) is 19.1. The second-order valence-corrected chi connectivity index (χ2v) is 8.93. The zero-order valence-electron chi connectivity index (χ0n) is 16.2. The van der Waals surface area contributed by atoms with Gasteiger partial charge in [-0.15, -0.1) is 0 Å². The van der Waals surface area contributed by atoms with Crippen molar-refractivity contribution in [2.24, 2.45) is 0 Å². The summed E-state index contributed by atoms with van der Waals surface area (Å²) >= 11 is 0. The molecule has 1 aliphatic heterocycles. The molecule has 2 aromatic rings. The highest BCUT2D eigenvalue weighted by atomic mass is 32.2. The van der Waals surface area contributed by atoms with Gasteiger partial charge in [0, 0.05) is 37.9 Å². The summed E-state index contributed by atoms with van der Waals surface area (Å²) < 4.78 is 29.9. The maximum absolute atomic E-state index is 13.2. The van der Waals surface area contributed by atoms with Crippen molar-refractivity contribution < 1.29 is 8.42 Å². The van der Waals surface area contributed by atoms with Gasteiger partial charge >= 0.3 is 0 Å². The summed E-state index contributed by atoms with van der Waals surface area (Å²) in [6, 6.07) is 8.52. The van der Waals surface area contributed by atoms with Gasteiger partial charge in [-0.2, -0.15) is 9.40 Å². The highest BCUT2D eigenvalue weighted by Gasteiger charge is 2.35. The van der Waals surface area contributed by atoms with Gasteiger partial charge in [-0.1, -0.05) is 17.7 Å². The van der Waals surface area contributed by atoms with E-state index in [1.165, 1.54) is 5.56 Å². The molecule has 0 unspecified atom stereocenters. The minimum atomic E-state index is -3.53. The van der Waals surface area contributed by atoms with Crippen LogP contribution in [0.15, 0.2) is 29.2 Å². The van der Waals surface area contributed by atoms with Crippen molar-refractivity contribution in [3.8, 4) is 0 Å². The van der Waals surface area contributed by atoms with Crippen molar-refractivity contribution >= 4 is 15.7 Å². The lowest BCUT2D eigenvalue weighted by Crippen LogP contribution is -2.53. The summed E-state index contributed by atoms with van der Waals surface area (Å²) in [6.45, 7) is 12.0. The molecule has 142 valence electrons. The number of aromatic nitrogens is 2. The van der Waals surface area contributed by atoms with Crippen LogP contribution in [0.25, 0.3) is 0 Å². The van der Waals surface area contributed by atoms with Crippen LogP contribution in [0.1, 0.15) is 30.8 Å². The Hall–Kier alpha value is -1.86. The molecule has 1 aromatic heterocycles. The molecule has 1 saturated heterocycles. The molecule has 7 heteroatoms. The Morgan fingerprint density at radius 2 is 1.77 bits per heavy atom. The van der Waals surface area contributed by atoms with Gasteiger partial charge in [0.1, 0.15) is 4.90 Å². The molecule has 0 radical (unpaired) electrons. The van der Waals surface area contributed by atoms with E-state index >= 15 is 0 Å². The predicted molar refractivity (Wildman–Crippen MR) is 104 cm³/mol. The fourth-order valence-electron chi connectivity index (χ4n) is 3.75. The molecule has 1 aliphatic rings. The maximum Gasteiger partial charge on any atom is 0.246 e. The quantitative estimate of drug-likeness (QED) is 0.823. The largest absolute Gasteiger partial charge is 0.366 e. The second kappa shape index (κ2) is 7.04. The average molecular weight is 377 g/mol. The fraction of sp³-hybridized carbons (Fsp3) is 0.526. The van der Waals surface area contributed by atoms with E-state index in [4.69, 9.17) is 0 Å². The van der Waals surface area contributed by atoms with Crippen LogP contribution < -0.4 is 4.90 Å². The summed E-state index contributed by atoms with van der Waals surface area (Å²) in [7, 11) is -3.53. The number of hydrogen-bond donors (Lipinski definition) is 0. The standard InChI is InChI=1S/C19H28N4O2S/c1-6-23-17(5)19(16(4)20-23)26(24,25)21-11-12-22(15(3)13-21)18-9-7-14(2)8-10-18/h7-10,15H,6,11-13H2,1-5H3/t15-/m1/s1. The van der Waals surface area contributed by atoms with Gasteiger partial charge in [-0.25, -0.2) is 8.42 Å². The first-order valence-electron chi connectivity index (χ1n) is 9.13. The number of sulfonamides is 1. The molecule has 2 heterocycles. The van der Waals surface area contributed by atoms with Crippen molar-refractivity contribution in [2.45, 2.75) is 52.1 Å². The third-order valence-electron chi connectivity index (χ3n) is 5.17. The molecular formula is C19H28N4O2S. The lowest BCUT2D eigenvalue weighted by molar-refractivity contribution is 0.342. The van der Waals surface area contributed by atoms with Gasteiger partial charge < -0.3 is 4.90 Å². The Balaban J connectivity index is 1.84. The van der Waals surface area contributed by atoms with Crippen molar-refractivity contribution in [3.05, 3.63) is 41.2 Å². The Bertz CT molecular complexity index is 887. The summed E-state index contributed by atoms with van der Waals surface area (Å²) in [5.74, 6) is 0. The van der Waals surface area contributed by atoms with E-state index in [-0.39, 0.29) is 6.04 Å².